The number of hydrogen-bond acceptors (Lipinski definition) is 5. The summed E-state index contributed by atoms with van der Waals surface area (Å²) in [4.78, 5) is 28.5. The van der Waals surface area contributed by atoms with Crippen LogP contribution in [0.25, 0.3) is 11.0 Å². The van der Waals surface area contributed by atoms with Gasteiger partial charge in [0, 0.05) is 29.1 Å². The topological polar surface area (TPSA) is 81.4 Å². The van der Waals surface area contributed by atoms with Crippen molar-refractivity contribution in [3.63, 3.8) is 0 Å². The third kappa shape index (κ3) is 3.44. The first kappa shape index (κ1) is 17.7. The highest BCUT2D eigenvalue weighted by Gasteiger charge is 2.16. The van der Waals surface area contributed by atoms with Gasteiger partial charge < -0.3 is 14.5 Å². The predicted molar refractivity (Wildman–Crippen MR) is 99.7 cm³/mol. The molecule has 1 N–H and O–H groups in total. The van der Waals surface area contributed by atoms with Crippen LogP contribution in [0.5, 0.6) is 5.75 Å². The zero-order valence-corrected chi connectivity index (χ0v) is 15.0. The summed E-state index contributed by atoms with van der Waals surface area (Å²) in [6.45, 7) is 3.73. The number of hydrogen-bond donors (Lipinski definition) is 1. The summed E-state index contributed by atoms with van der Waals surface area (Å²) in [5, 5.41) is 3.61. The minimum atomic E-state index is -0.416. The Morgan fingerprint density at radius 2 is 2.04 bits per heavy atom. The van der Waals surface area contributed by atoms with Crippen molar-refractivity contribution in [2.24, 2.45) is 0 Å². The van der Waals surface area contributed by atoms with Gasteiger partial charge >= 0.3 is 5.63 Å². The van der Waals surface area contributed by atoms with Crippen LogP contribution in [0.2, 0.25) is 0 Å². The smallest absolute Gasteiger partial charge is 0.339 e. The summed E-state index contributed by atoms with van der Waals surface area (Å²) in [5.41, 5.74) is 2.86. The maximum Gasteiger partial charge on any atom is 0.339 e. The second kappa shape index (κ2) is 7.39. The molecule has 0 aliphatic heterocycles. The number of aryl methyl sites for hydroxylation is 2. The molecule has 0 aliphatic rings. The number of anilines is 1. The number of methoxy groups -OCH3 is 1. The molecule has 2 aromatic heterocycles. The molecule has 3 aromatic rings. The second-order valence-electron chi connectivity index (χ2n) is 6.05. The van der Waals surface area contributed by atoms with Gasteiger partial charge in [-0.25, -0.2) is 4.79 Å². The minimum Gasteiger partial charge on any atom is -0.496 e. The highest BCUT2D eigenvalue weighted by atomic mass is 16.5. The van der Waals surface area contributed by atoms with Crippen LogP contribution in [0.4, 0.5) is 5.69 Å². The molecule has 0 atom stereocenters. The molecule has 0 saturated heterocycles. The van der Waals surface area contributed by atoms with Crippen LogP contribution in [0.3, 0.4) is 0 Å². The fourth-order valence-corrected chi connectivity index (χ4v) is 2.98. The first-order valence-electron chi connectivity index (χ1n) is 8.31. The number of nitrogens with zero attached hydrogens (tertiary/aromatic N) is 1. The Morgan fingerprint density at radius 3 is 2.73 bits per heavy atom. The number of pyridine rings is 1. The number of aromatic nitrogens is 1. The Hall–Kier alpha value is -3.15. The maximum atomic E-state index is 12.4. The molecule has 134 valence electrons. The Kier molecular flexibility index (Phi) is 5.02. The molecule has 6 nitrogen and oxygen atoms in total. The van der Waals surface area contributed by atoms with Gasteiger partial charge in [-0.2, -0.15) is 0 Å². The summed E-state index contributed by atoms with van der Waals surface area (Å²) in [7, 11) is 1.58. The molecule has 2 heterocycles. The summed E-state index contributed by atoms with van der Waals surface area (Å²) in [6.07, 6.45) is 3.70. The normalized spacial score (nSPS) is 10.7. The van der Waals surface area contributed by atoms with Gasteiger partial charge in [0.2, 0.25) is 5.91 Å². The molecule has 0 saturated carbocycles. The highest BCUT2D eigenvalue weighted by Crippen LogP contribution is 2.29. The number of rotatable bonds is 5. The highest BCUT2D eigenvalue weighted by molar-refractivity contribution is 5.91. The van der Waals surface area contributed by atoms with Crippen LogP contribution in [0, 0.1) is 13.8 Å². The quantitative estimate of drug-likeness (QED) is 0.712. The van der Waals surface area contributed by atoms with Crippen molar-refractivity contribution in [1.82, 2.24) is 4.98 Å². The molecule has 1 amide bonds. The van der Waals surface area contributed by atoms with E-state index in [2.05, 4.69) is 10.3 Å². The zero-order chi connectivity index (χ0) is 18.7. The van der Waals surface area contributed by atoms with E-state index in [9.17, 15) is 9.59 Å². The first-order chi connectivity index (χ1) is 12.5. The lowest BCUT2D eigenvalue weighted by molar-refractivity contribution is -0.116. The van der Waals surface area contributed by atoms with E-state index in [0.717, 1.165) is 16.5 Å². The van der Waals surface area contributed by atoms with Gasteiger partial charge in [-0.05, 0) is 50.1 Å². The van der Waals surface area contributed by atoms with Crippen molar-refractivity contribution in [2.75, 3.05) is 12.4 Å². The monoisotopic (exact) mass is 352 g/mol. The van der Waals surface area contributed by atoms with Gasteiger partial charge in [0.05, 0.1) is 19.0 Å². The van der Waals surface area contributed by atoms with Crippen molar-refractivity contribution in [2.45, 2.75) is 26.7 Å². The van der Waals surface area contributed by atoms with Gasteiger partial charge in [0.15, 0.2) is 0 Å². The largest absolute Gasteiger partial charge is 0.496 e. The fourth-order valence-electron chi connectivity index (χ4n) is 2.98. The van der Waals surface area contributed by atoms with Crippen LogP contribution in [0.1, 0.15) is 23.1 Å². The number of carbonyl (C=O) groups is 1. The average Bonchev–Trinajstić information content (AvgIpc) is 2.63. The number of benzene rings is 1. The summed E-state index contributed by atoms with van der Waals surface area (Å²) in [6, 6.07) is 7.23. The lowest BCUT2D eigenvalue weighted by Gasteiger charge is -2.11. The summed E-state index contributed by atoms with van der Waals surface area (Å²) >= 11 is 0. The Bertz CT molecular complexity index is 1010. The average molecular weight is 352 g/mol. The van der Waals surface area contributed by atoms with Gasteiger partial charge in [-0.3, -0.25) is 9.78 Å². The molecule has 0 radical (unpaired) electrons. The van der Waals surface area contributed by atoms with E-state index < -0.39 is 5.63 Å². The van der Waals surface area contributed by atoms with Crippen LogP contribution in [0.15, 0.2) is 45.9 Å². The molecule has 0 fully saturated rings. The van der Waals surface area contributed by atoms with E-state index in [4.69, 9.17) is 9.15 Å². The Labute approximate surface area is 150 Å². The third-order valence-electron chi connectivity index (χ3n) is 4.42. The Balaban J connectivity index is 1.84. The zero-order valence-electron chi connectivity index (χ0n) is 15.0. The Morgan fingerprint density at radius 1 is 1.23 bits per heavy atom. The van der Waals surface area contributed by atoms with Gasteiger partial charge in [0.1, 0.15) is 11.3 Å². The van der Waals surface area contributed by atoms with E-state index in [0.29, 0.717) is 29.0 Å². The van der Waals surface area contributed by atoms with E-state index >= 15 is 0 Å². The second-order valence-corrected chi connectivity index (χ2v) is 6.05. The van der Waals surface area contributed by atoms with Gasteiger partial charge in [0.25, 0.3) is 0 Å². The van der Waals surface area contributed by atoms with Crippen molar-refractivity contribution in [3.05, 3.63) is 63.8 Å². The molecular weight excluding hydrogens is 332 g/mol. The summed E-state index contributed by atoms with van der Waals surface area (Å²) < 4.78 is 10.8. The fraction of sp³-hybridized carbons (Fsp3) is 0.250. The van der Waals surface area contributed by atoms with Crippen LogP contribution in [-0.4, -0.2) is 18.0 Å². The van der Waals surface area contributed by atoms with E-state index in [1.54, 1.807) is 31.6 Å². The molecular formula is C20H20N2O4. The molecule has 26 heavy (non-hydrogen) atoms. The van der Waals surface area contributed by atoms with Crippen LogP contribution in [-0.2, 0) is 11.2 Å². The first-order valence-corrected chi connectivity index (χ1v) is 8.31. The predicted octanol–water partition coefficient (Wildman–Crippen LogP) is 3.38. The summed E-state index contributed by atoms with van der Waals surface area (Å²) in [5.74, 6) is 0.492. The van der Waals surface area contributed by atoms with Gasteiger partial charge in [-0.1, -0.05) is 0 Å². The van der Waals surface area contributed by atoms with E-state index in [1.807, 2.05) is 26.0 Å². The number of amides is 1. The lowest BCUT2D eigenvalue weighted by atomic mass is 10.0. The van der Waals surface area contributed by atoms with Crippen molar-refractivity contribution < 1.29 is 13.9 Å². The van der Waals surface area contributed by atoms with E-state index in [-0.39, 0.29) is 12.3 Å². The van der Waals surface area contributed by atoms with Crippen LogP contribution < -0.4 is 15.7 Å². The van der Waals surface area contributed by atoms with Gasteiger partial charge in [-0.15, -0.1) is 0 Å². The van der Waals surface area contributed by atoms with Crippen molar-refractivity contribution in [3.8, 4) is 5.75 Å². The molecule has 1 aromatic carbocycles. The van der Waals surface area contributed by atoms with Crippen molar-refractivity contribution >= 4 is 22.6 Å². The standard InChI is InChI=1S/C20H20N2O4/c1-12-15-6-8-17(25-3)13(2)19(15)26-20(24)16(12)7-9-18(23)22-14-5-4-10-21-11-14/h4-6,8,10-11H,7,9H2,1-3H3,(H,22,23). The molecule has 6 heteroatoms. The van der Waals surface area contributed by atoms with Crippen LogP contribution >= 0.6 is 0 Å². The third-order valence-corrected chi connectivity index (χ3v) is 4.42. The number of fused-ring (bicyclic) bond motifs is 1. The SMILES string of the molecule is COc1ccc2c(C)c(CCC(=O)Nc3cccnc3)c(=O)oc2c1C. The molecule has 0 bridgehead atoms. The lowest BCUT2D eigenvalue weighted by Crippen LogP contribution is -2.16. The minimum absolute atomic E-state index is 0.178. The number of ether oxygens (including phenoxy) is 1. The molecule has 3 rings (SSSR count). The number of carbonyl (C=O) groups excluding carboxylic acids is 1. The van der Waals surface area contributed by atoms with E-state index in [1.165, 1.54) is 0 Å². The number of nitrogens with one attached hydrogen (secondary N) is 1. The molecule has 0 aliphatic carbocycles. The maximum absolute atomic E-state index is 12.4. The molecule has 0 unspecified atom stereocenters. The van der Waals surface area contributed by atoms with Crippen molar-refractivity contribution in [1.29, 1.82) is 0 Å². The molecule has 0 spiro atoms.